The van der Waals surface area contributed by atoms with Crippen molar-refractivity contribution >= 4 is 34.5 Å². The molecule has 0 amide bonds. The molecule has 84 valence electrons. The molecule has 0 saturated heterocycles. The molecule has 0 bridgehead atoms. The van der Waals surface area contributed by atoms with Gasteiger partial charge in [0, 0.05) is 9.90 Å². The molecule has 1 aromatic carbocycles. The fourth-order valence-corrected chi connectivity index (χ4v) is 2.72. The van der Waals surface area contributed by atoms with Gasteiger partial charge in [-0.1, -0.05) is 23.2 Å². The fraction of sp³-hybridized carbons (Fsp3) is 0.0909. The van der Waals surface area contributed by atoms with Crippen LogP contribution in [0.15, 0.2) is 30.3 Å². The average molecular weight is 276 g/mol. The van der Waals surface area contributed by atoms with Crippen molar-refractivity contribution < 1.29 is 4.39 Å². The van der Waals surface area contributed by atoms with Crippen LogP contribution in [0.3, 0.4) is 0 Å². The molecule has 1 heterocycles. The summed E-state index contributed by atoms with van der Waals surface area (Å²) < 4.78 is 13.7. The van der Waals surface area contributed by atoms with Crippen molar-refractivity contribution in [3.8, 4) is 0 Å². The molecule has 0 fully saturated rings. The second-order valence-electron chi connectivity index (χ2n) is 3.29. The van der Waals surface area contributed by atoms with Crippen molar-refractivity contribution in [3.05, 3.63) is 55.9 Å². The van der Waals surface area contributed by atoms with E-state index < -0.39 is 6.04 Å². The Kier molecular flexibility index (Phi) is 3.50. The fourth-order valence-electron chi connectivity index (χ4n) is 1.40. The molecule has 16 heavy (non-hydrogen) atoms. The smallest absolute Gasteiger partial charge is 0.123 e. The summed E-state index contributed by atoms with van der Waals surface area (Å²) in [6, 6.07) is 7.29. The van der Waals surface area contributed by atoms with Crippen molar-refractivity contribution in [2.45, 2.75) is 6.04 Å². The molecule has 1 nitrogen and oxygen atoms in total. The van der Waals surface area contributed by atoms with Crippen molar-refractivity contribution in [3.63, 3.8) is 0 Å². The van der Waals surface area contributed by atoms with Crippen LogP contribution in [0.2, 0.25) is 9.36 Å². The molecule has 1 unspecified atom stereocenters. The van der Waals surface area contributed by atoms with Gasteiger partial charge < -0.3 is 5.73 Å². The Morgan fingerprint density at radius 1 is 1.19 bits per heavy atom. The van der Waals surface area contributed by atoms with Crippen LogP contribution in [0.4, 0.5) is 4.39 Å². The van der Waals surface area contributed by atoms with Gasteiger partial charge in [0.15, 0.2) is 0 Å². The molecule has 0 spiro atoms. The first-order valence-electron chi connectivity index (χ1n) is 4.53. The Labute approximate surface area is 107 Å². The van der Waals surface area contributed by atoms with E-state index in [0.29, 0.717) is 14.9 Å². The zero-order chi connectivity index (χ0) is 11.7. The van der Waals surface area contributed by atoms with E-state index >= 15 is 0 Å². The number of benzene rings is 1. The Bertz CT molecular complexity index is 512. The predicted octanol–water partition coefficient (Wildman–Crippen LogP) is 4.24. The van der Waals surface area contributed by atoms with Crippen LogP contribution in [-0.2, 0) is 0 Å². The standard InChI is InChI=1S/C11H8Cl2FNS/c12-8-2-1-6(14)5-7(8)11(15)9-3-4-10(13)16-9/h1-5,11H,15H2. The Morgan fingerprint density at radius 2 is 1.94 bits per heavy atom. The summed E-state index contributed by atoms with van der Waals surface area (Å²) in [6.45, 7) is 0. The van der Waals surface area contributed by atoms with Crippen LogP contribution in [0, 0.1) is 5.82 Å². The van der Waals surface area contributed by atoms with E-state index in [-0.39, 0.29) is 5.82 Å². The maximum Gasteiger partial charge on any atom is 0.123 e. The first kappa shape index (κ1) is 11.9. The van der Waals surface area contributed by atoms with E-state index in [0.717, 1.165) is 4.88 Å². The van der Waals surface area contributed by atoms with Crippen LogP contribution >= 0.6 is 34.5 Å². The summed E-state index contributed by atoms with van der Waals surface area (Å²) in [6.07, 6.45) is 0. The van der Waals surface area contributed by atoms with E-state index in [1.165, 1.54) is 29.5 Å². The van der Waals surface area contributed by atoms with Gasteiger partial charge >= 0.3 is 0 Å². The highest BCUT2D eigenvalue weighted by molar-refractivity contribution is 7.16. The van der Waals surface area contributed by atoms with Crippen LogP contribution in [0.1, 0.15) is 16.5 Å². The lowest BCUT2D eigenvalue weighted by molar-refractivity contribution is 0.624. The molecule has 0 aliphatic rings. The van der Waals surface area contributed by atoms with Crippen LogP contribution in [0.5, 0.6) is 0 Å². The van der Waals surface area contributed by atoms with Crippen molar-refractivity contribution in [2.75, 3.05) is 0 Å². The van der Waals surface area contributed by atoms with Gasteiger partial charge in [-0.15, -0.1) is 11.3 Å². The zero-order valence-corrected chi connectivity index (χ0v) is 10.4. The zero-order valence-electron chi connectivity index (χ0n) is 8.08. The van der Waals surface area contributed by atoms with Crippen molar-refractivity contribution in [2.24, 2.45) is 5.73 Å². The minimum Gasteiger partial charge on any atom is -0.320 e. The largest absolute Gasteiger partial charge is 0.320 e. The molecule has 2 N–H and O–H groups in total. The number of thiophene rings is 1. The SMILES string of the molecule is NC(c1ccc(Cl)s1)c1cc(F)ccc1Cl. The van der Waals surface area contributed by atoms with E-state index in [4.69, 9.17) is 28.9 Å². The number of halogens is 3. The first-order chi connectivity index (χ1) is 7.58. The minimum atomic E-state index is -0.444. The van der Waals surface area contributed by atoms with Crippen molar-refractivity contribution in [1.82, 2.24) is 0 Å². The lowest BCUT2D eigenvalue weighted by Crippen LogP contribution is -2.11. The quantitative estimate of drug-likeness (QED) is 0.872. The normalized spacial score (nSPS) is 12.8. The highest BCUT2D eigenvalue weighted by atomic mass is 35.5. The third-order valence-electron chi connectivity index (χ3n) is 2.19. The van der Waals surface area contributed by atoms with Gasteiger partial charge in [0.1, 0.15) is 5.82 Å². The summed E-state index contributed by atoms with van der Waals surface area (Å²) in [7, 11) is 0. The van der Waals surface area contributed by atoms with Gasteiger partial charge in [-0.2, -0.15) is 0 Å². The summed E-state index contributed by atoms with van der Waals surface area (Å²) >= 11 is 13.2. The summed E-state index contributed by atoms with van der Waals surface area (Å²) in [5, 5.41) is 0.457. The van der Waals surface area contributed by atoms with Crippen molar-refractivity contribution in [1.29, 1.82) is 0 Å². The molecular formula is C11H8Cl2FNS. The van der Waals surface area contributed by atoms with Gasteiger partial charge in [0.05, 0.1) is 10.4 Å². The Balaban J connectivity index is 2.40. The van der Waals surface area contributed by atoms with Crippen LogP contribution in [-0.4, -0.2) is 0 Å². The molecule has 5 heteroatoms. The number of nitrogens with two attached hydrogens (primary N) is 1. The molecular weight excluding hydrogens is 268 g/mol. The maximum absolute atomic E-state index is 13.1. The molecule has 0 radical (unpaired) electrons. The van der Waals surface area contributed by atoms with Gasteiger partial charge in [0.2, 0.25) is 0 Å². The predicted molar refractivity (Wildman–Crippen MR) is 66.8 cm³/mol. The molecule has 0 aliphatic heterocycles. The molecule has 2 aromatic rings. The summed E-state index contributed by atoms with van der Waals surface area (Å²) in [4.78, 5) is 0.859. The topological polar surface area (TPSA) is 26.0 Å². The molecule has 1 atom stereocenters. The average Bonchev–Trinajstić information content (AvgIpc) is 2.67. The van der Waals surface area contributed by atoms with Gasteiger partial charge in [-0.05, 0) is 35.9 Å². The van der Waals surface area contributed by atoms with Gasteiger partial charge in [-0.25, -0.2) is 4.39 Å². The van der Waals surface area contributed by atoms with Gasteiger partial charge in [-0.3, -0.25) is 0 Å². The highest BCUT2D eigenvalue weighted by Gasteiger charge is 2.15. The van der Waals surface area contributed by atoms with Gasteiger partial charge in [0.25, 0.3) is 0 Å². The Morgan fingerprint density at radius 3 is 2.56 bits per heavy atom. The van der Waals surface area contributed by atoms with E-state index in [1.807, 2.05) is 6.07 Å². The lowest BCUT2D eigenvalue weighted by Gasteiger charge is -2.11. The maximum atomic E-state index is 13.1. The molecule has 0 aliphatic carbocycles. The summed E-state index contributed by atoms with van der Waals surface area (Å²) in [5.74, 6) is -0.350. The third-order valence-corrected chi connectivity index (χ3v) is 3.85. The monoisotopic (exact) mass is 275 g/mol. The second kappa shape index (κ2) is 4.72. The van der Waals surface area contributed by atoms with Crippen LogP contribution in [0.25, 0.3) is 0 Å². The molecule has 0 saturated carbocycles. The number of hydrogen-bond acceptors (Lipinski definition) is 2. The molecule has 2 rings (SSSR count). The number of rotatable bonds is 2. The highest BCUT2D eigenvalue weighted by Crippen LogP contribution is 2.32. The minimum absolute atomic E-state index is 0.350. The first-order valence-corrected chi connectivity index (χ1v) is 6.11. The summed E-state index contributed by atoms with van der Waals surface area (Å²) in [5.41, 5.74) is 6.57. The van der Waals surface area contributed by atoms with E-state index in [2.05, 4.69) is 0 Å². The van der Waals surface area contributed by atoms with E-state index in [1.54, 1.807) is 6.07 Å². The molecule has 1 aromatic heterocycles. The van der Waals surface area contributed by atoms with Crippen LogP contribution < -0.4 is 5.73 Å². The Hall–Kier alpha value is -0.610. The second-order valence-corrected chi connectivity index (χ2v) is 5.44. The lowest BCUT2D eigenvalue weighted by atomic mass is 10.1. The number of hydrogen-bond donors (Lipinski definition) is 1. The third kappa shape index (κ3) is 2.38. The van der Waals surface area contributed by atoms with E-state index in [9.17, 15) is 4.39 Å².